The number of nitro benzene ring substituents is 1. The van der Waals surface area contributed by atoms with Gasteiger partial charge in [-0.25, -0.2) is 4.79 Å². The molecule has 3 amide bonds. The van der Waals surface area contributed by atoms with Crippen LogP contribution in [0.15, 0.2) is 54.6 Å². The van der Waals surface area contributed by atoms with Gasteiger partial charge in [-0.3, -0.25) is 24.5 Å². The maximum Gasteiger partial charge on any atom is 0.408 e. The molecule has 0 spiro atoms. The maximum atomic E-state index is 13.0. The zero-order valence-electron chi connectivity index (χ0n) is 20.9. The molecule has 0 fully saturated rings. The normalized spacial score (nSPS) is 13.8. The molecule has 4 atom stereocenters. The molecule has 0 unspecified atom stereocenters. The van der Waals surface area contributed by atoms with E-state index in [1.165, 1.54) is 31.2 Å². The number of rotatable bonds is 13. The van der Waals surface area contributed by atoms with Gasteiger partial charge in [-0.2, -0.15) is 0 Å². The van der Waals surface area contributed by atoms with Gasteiger partial charge in [0, 0.05) is 18.1 Å². The van der Waals surface area contributed by atoms with Crippen LogP contribution in [0.4, 0.5) is 10.5 Å². The van der Waals surface area contributed by atoms with Crippen molar-refractivity contribution < 1.29 is 38.7 Å². The summed E-state index contributed by atoms with van der Waals surface area (Å²) in [6, 6.07) is 10.7. The smallest absolute Gasteiger partial charge is 0.408 e. The third-order valence-electron chi connectivity index (χ3n) is 5.48. The summed E-state index contributed by atoms with van der Waals surface area (Å²) in [5.41, 5.74) is 6.31. The van der Waals surface area contributed by atoms with Crippen LogP contribution in [-0.2, 0) is 30.5 Å². The summed E-state index contributed by atoms with van der Waals surface area (Å²) in [7, 11) is 0. The molecule has 0 heterocycles. The molecule has 0 saturated carbocycles. The zero-order valence-corrected chi connectivity index (χ0v) is 20.9. The van der Waals surface area contributed by atoms with E-state index in [-0.39, 0.29) is 24.5 Å². The van der Waals surface area contributed by atoms with E-state index in [1.54, 1.807) is 37.3 Å². The Labute approximate surface area is 218 Å². The summed E-state index contributed by atoms with van der Waals surface area (Å²) in [6.45, 7) is 2.79. The number of nitrogens with two attached hydrogens (primary N) is 1. The van der Waals surface area contributed by atoms with Crippen molar-refractivity contribution in [3.05, 3.63) is 75.8 Å². The monoisotopic (exact) mass is 530 g/mol. The molecule has 0 bridgehead atoms. The van der Waals surface area contributed by atoms with Gasteiger partial charge in [0.25, 0.3) is 5.69 Å². The summed E-state index contributed by atoms with van der Waals surface area (Å²) in [5, 5.41) is 25.8. The number of amides is 3. The van der Waals surface area contributed by atoms with Gasteiger partial charge in [0.05, 0.1) is 24.1 Å². The minimum atomic E-state index is -1.54. The average Bonchev–Trinajstić information content (AvgIpc) is 2.88. The predicted octanol–water partition coefficient (Wildman–Crippen LogP) is 1.28. The number of aliphatic hydroxyl groups is 1. The molecule has 13 nitrogen and oxygen atoms in total. The molecule has 0 aliphatic rings. The van der Waals surface area contributed by atoms with Crippen LogP contribution in [0.5, 0.6) is 0 Å². The Kier molecular flexibility index (Phi) is 11.2. The van der Waals surface area contributed by atoms with E-state index in [0.29, 0.717) is 5.56 Å². The number of nitro groups is 1. The fraction of sp³-hybridized carbons (Fsp3) is 0.360. The number of benzene rings is 2. The second-order valence-electron chi connectivity index (χ2n) is 8.28. The van der Waals surface area contributed by atoms with Crippen LogP contribution in [0.1, 0.15) is 37.3 Å². The van der Waals surface area contributed by atoms with E-state index in [0.717, 1.165) is 0 Å². The highest BCUT2D eigenvalue weighted by Gasteiger charge is 2.35. The molecule has 0 radical (unpaired) electrons. The molecule has 0 aromatic heterocycles. The number of hydrogen-bond acceptors (Lipinski definition) is 9. The minimum absolute atomic E-state index is 0.0541. The molecule has 2 aromatic carbocycles. The number of primary amides is 1. The number of nitrogens with zero attached hydrogens (tertiary/aromatic N) is 1. The lowest BCUT2D eigenvalue weighted by Gasteiger charge is -2.28. The Morgan fingerprint density at radius 2 is 1.63 bits per heavy atom. The van der Waals surface area contributed by atoms with Crippen molar-refractivity contribution in [2.45, 2.75) is 51.0 Å². The molecule has 5 N–H and O–H groups in total. The quantitative estimate of drug-likeness (QED) is 0.167. The van der Waals surface area contributed by atoms with Gasteiger partial charge in [0.15, 0.2) is 0 Å². The topological polar surface area (TPSA) is 200 Å². The van der Waals surface area contributed by atoms with Gasteiger partial charge < -0.3 is 30.9 Å². The van der Waals surface area contributed by atoms with Crippen LogP contribution >= 0.6 is 0 Å². The van der Waals surface area contributed by atoms with E-state index in [9.17, 15) is 34.4 Å². The second kappa shape index (κ2) is 14.3. The van der Waals surface area contributed by atoms with E-state index >= 15 is 0 Å². The lowest BCUT2D eigenvalue weighted by Crippen LogP contribution is -2.58. The first-order chi connectivity index (χ1) is 18.0. The third kappa shape index (κ3) is 8.85. The molecular weight excluding hydrogens is 500 g/mol. The molecule has 2 rings (SSSR count). The number of hydrogen-bond donors (Lipinski definition) is 4. The minimum Gasteiger partial charge on any atom is -0.466 e. The Bertz CT molecular complexity index is 1120. The van der Waals surface area contributed by atoms with Crippen LogP contribution in [0.2, 0.25) is 0 Å². The van der Waals surface area contributed by atoms with Crippen molar-refractivity contribution in [1.82, 2.24) is 10.6 Å². The first-order valence-corrected chi connectivity index (χ1v) is 11.7. The Morgan fingerprint density at radius 3 is 2.16 bits per heavy atom. The van der Waals surface area contributed by atoms with Crippen molar-refractivity contribution in [1.29, 1.82) is 0 Å². The molecule has 13 heteroatoms. The maximum absolute atomic E-state index is 13.0. The fourth-order valence-corrected chi connectivity index (χ4v) is 3.58. The molecule has 0 saturated heterocycles. The first kappa shape index (κ1) is 29.7. The summed E-state index contributed by atoms with van der Waals surface area (Å²) < 4.78 is 10.1. The highest BCUT2D eigenvalue weighted by molar-refractivity contribution is 5.92. The molecule has 38 heavy (non-hydrogen) atoms. The van der Waals surface area contributed by atoms with Crippen LogP contribution in [0, 0.1) is 10.1 Å². The number of nitrogens with one attached hydrogen (secondary N) is 2. The number of alkyl carbamates (subject to hydrolysis) is 1. The van der Waals surface area contributed by atoms with Crippen molar-refractivity contribution in [3.63, 3.8) is 0 Å². The van der Waals surface area contributed by atoms with Gasteiger partial charge in [-0.15, -0.1) is 0 Å². The van der Waals surface area contributed by atoms with Crippen LogP contribution in [0.25, 0.3) is 0 Å². The van der Waals surface area contributed by atoms with Gasteiger partial charge in [-0.05, 0) is 25.0 Å². The number of carbonyl (C=O) groups is 4. The highest BCUT2D eigenvalue weighted by atomic mass is 16.6. The fourth-order valence-electron chi connectivity index (χ4n) is 3.58. The Balaban J connectivity index is 2.23. The van der Waals surface area contributed by atoms with Gasteiger partial charge >= 0.3 is 12.1 Å². The van der Waals surface area contributed by atoms with Crippen molar-refractivity contribution in [2.75, 3.05) is 6.61 Å². The van der Waals surface area contributed by atoms with Gasteiger partial charge in [0.1, 0.15) is 18.7 Å². The van der Waals surface area contributed by atoms with Crippen molar-refractivity contribution >= 4 is 29.6 Å². The first-order valence-electron chi connectivity index (χ1n) is 11.7. The Morgan fingerprint density at radius 1 is 1.00 bits per heavy atom. The molecule has 0 aliphatic carbocycles. The van der Waals surface area contributed by atoms with Crippen LogP contribution < -0.4 is 16.4 Å². The highest BCUT2D eigenvalue weighted by Crippen LogP contribution is 2.27. The van der Waals surface area contributed by atoms with E-state index in [2.05, 4.69) is 10.6 Å². The standard InChI is InChI=1S/C25H30N4O9/c1-3-37-20(31)13-19(17-9-11-18(12-10-17)29(35)36)22(23(26)32)27-24(33)21(15(2)30)28-25(34)38-14-16-7-5-4-6-8-16/h4-12,15,19,21-22,30H,3,13-14H2,1-2H3,(H2,26,32)(H,27,33)(H,28,34)/t15-,19+,21+,22+/m1/s1. The molecular formula is C25H30N4O9. The summed E-state index contributed by atoms with van der Waals surface area (Å²) >= 11 is 0. The van der Waals surface area contributed by atoms with E-state index < -0.39 is 59.3 Å². The number of carbonyl (C=O) groups excluding carboxylic acids is 4. The largest absolute Gasteiger partial charge is 0.466 e. The zero-order chi connectivity index (χ0) is 28.2. The Hall–Kier alpha value is -4.52. The van der Waals surface area contributed by atoms with Crippen molar-refractivity contribution in [3.8, 4) is 0 Å². The van der Waals surface area contributed by atoms with Crippen LogP contribution in [0.3, 0.4) is 0 Å². The number of non-ortho nitro benzene ring substituents is 1. The lowest BCUT2D eigenvalue weighted by molar-refractivity contribution is -0.384. The number of esters is 1. The summed E-state index contributed by atoms with van der Waals surface area (Å²) in [4.78, 5) is 60.4. The van der Waals surface area contributed by atoms with Gasteiger partial charge in [0.2, 0.25) is 11.8 Å². The van der Waals surface area contributed by atoms with Crippen LogP contribution in [-0.4, -0.2) is 58.7 Å². The third-order valence-corrected chi connectivity index (χ3v) is 5.48. The molecule has 204 valence electrons. The van der Waals surface area contributed by atoms with Crippen molar-refractivity contribution in [2.24, 2.45) is 5.73 Å². The summed E-state index contributed by atoms with van der Waals surface area (Å²) in [6.07, 6.45) is -2.80. The number of aliphatic hydroxyl groups excluding tert-OH is 1. The summed E-state index contributed by atoms with van der Waals surface area (Å²) in [5.74, 6) is -3.78. The second-order valence-corrected chi connectivity index (χ2v) is 8.28. The molecule has 0 aliphatic heterocycles. The predicted molar refractivity (Wildman–Crippen MR) is 133 cm³/mol. The van der Waals surface area contributed by atoms with E-state index in [1.807, 2.05) is 0 Å². The lowest BCUT2D eigenvalue weighted by atomic mass is 9.87. The molecule has 2 aromatic rings. The van der Waals surface area contributed by atoms with Gasteiger partial charge in [-0.1, -0.05) is 42.5 Å². The SMILES string of the molecule is CCOC(=O)C[C@@H](c1ccc([N+](=O)[O-])cc1)[C@H](NC(=O)[C@@H](NC(=O)OCc1ccccc1)[C@@H](C)O)C(N)=O. The average molecular weight is 531 g/mol. The van der Waals surface area contributed by atoms with E-state index in [4.69, 9.17) is 15.2 Å². The number of ether oxygens (including phenoxy) is 2.